The van der Waals surface area contributed by atoms with Gasteiger partial charge in [-0.1, -0.05) is 156 Å². The number of aliphatic hydroxyl groups is 4. The third kappa shape index (κ3) is 46.1. The molecule has 374 valence electrons. The molecule has 0 saturated carbocycles. The lowest BCUT2D eigenvalue weighted by Gasteiger charge is -2.27. The van der Waals surface area contributed by atoms with Crippen LogP contribution in [0, 0.1) is 0 Å². The fourth-order valence-corrected chi connectivity index (χ4v) is 7.44. The normalized spacial score (nSPS) is 14.0. The Kier molecular flexibility index (Phi) is 49.6. The van der Waals surface area contributed by atoms with Gasteiger partial charge in [-0.25, -0.2) is 0 Å². The summed E-state index contributed by atoms with van der Waals surface area (Å²) in [6.45, 7) is 16.9. The minimum atomic E-state index is -0.659. The van der Waals surface area contributed by atoms with Crippen molar-refractivity contribution in [2.75, 3.05) is 119 Å². The molecule has 0 aromatic rings. The van der Waals surface area contributed by atoms with Gasteiger partial charge in [-0.3, -0.25) is 9.80 Å². The largest absolute Gasteiger partial charge is 0.389 e. The van der Waals surface area contributed by atoms with Crippen molar-refractivity contribution in [2.24, 2.45) is 0 Å². The van der Waals surface area contributed by atoms with Crippen molar-refractivity contribution in [3.8, 4) is 0 Å². The number of hydrogen-bond acceptors (Lipinski definition) is 12. The second-order valence-corrected chi connectivity index (χ2v) is 17.7. The highest BCUT2D eigenvalue weighted by atomic mass is 16.5. The Morgan fingerprint density at radius 3 is 0.742 bits per heavy atom. The van der Waals surface area contributed by atoms with Crippen LogP contribution in [0.4, 0.5) is 0 Å². The van der Waals surface area contributed by atoms with Crippen LogP contribution in [0.15, 0.2) is 0 Å². The van der Waals surface area contributed by atoms with Crippen LogP contribution in [-0.4, -0.2) is 173 Å². The first kappa shape index (κ1) is 61.5. The monoisotopic (exact) mass is 893 g/mol. The first-order chi connectivity index (χ1) is 30.4. The van der Waals surface area contributed by atoms with Gasteiger partial charge in [0.2, 0.25) is 0 Å². The molecular formula is C50H104N2O10. The Hall–Kier alpha value is -0.480. The standard InChI is InChI=1S/C50H104N2O10/c1-5-9-13-17-21-25-31-59-43-47(53)39-51(40-48(54)44-60-32-26-22-18-14-10-6-2)29-35-57-37-38-58-36-30-52(41-49(55)45-61-33-27-23-19-15-11-7-3)42-50(56)46-62-34-28-24-20-16-12-8-4/h47-50,53-56H,5-46H2,1-4H3. The van der Waals surface area contributed by atoms with E-state index in [-0.39, 0.29) is 26.4 Å². The van der Waals surface area contributed by atoms with Gasteiger partial charge in [0.05, 0.1) is 77.3 Å². The summed E-state index contributed by atoms with van der Waals surface area (Å²) in [6, 6.07) is 0. The summed E-state index contributed by atoms with van der Waals surface area (Å²) in [4.78, 5) is 4.06. The molecular weight excluding hydrogens is 789 g/mol. The van der Waals surface area contributed by atoms with Gasteiger partial charge >= 0.3 is 0 Å². The molecule has 0 saturated heterocycles. The average Bonchev–Trinajstić information content (AvgIpc) is 3.25. The van der Waals surface area contributed by atoms with Gasteiger partial charge < -0.3 is 48.8 Å². The van der Waals surface area contributed by atoms with E-state index in [0.29, 0.717) is 92.1 Å². The summed E-state index contributed by atoms with van der Waals surface area (Å²) in [5.41, 5.74) is 0. The molecule has 0 bridgehead atoms. The zero-order valence-corrected chi connectivity index (χ0v) is 41.1. The van der Waals surface area contributed by atoms with Crippen LogP contribution in [0.2, 0.25) is 0 Å². The summed E-state index contributed by atoms with van der Waals surface area (Å²) in [5.74, 6) is 0. The number of nitrogens with zero attached hydrogens (tertiary/aromatic N) is 2. The molecule has 0 fully saturated rings. The van der Waals surface area contributed by atoms with Gasteiger partial charge in [0, 0.05) is 65.7 Å². The maximum absolute atomic E-state index is 10.8. The van der Waals surface area contributed by atoms with E-state index in [2.05, 4.69) is 27.7 Å². The van der Waals surface area contributed by atoms with Gasteiger partial charge in [-0.2, -0.15) is 0 Å². The Morgan fingerprint density at radius 1 is 0.274 bits per heavy atom. The highest BCUT2D eigenvalue weighted by Crippen LogP contribution is 2.09. The molecule has 0 rings (SSSR count). The fraction of sp³-hybridized carbons (Fsp3) is 1.00. The van der Waals surface area contributed by atoms with E-state index in [4.69, 9.17) is 28.4 Å². The molecule has 0 spiro atoms. The quantitative estimate of drug-likeness (QED) is 0.0435. The van der Waals surface area contributed by atoms with Gasteiger partial charge in [-0.15, -0.1) is 0 Å². The lowest BCUT2D eigenvalue weighted by atomic mass is 10.1. The van der Waals surface area contributed by atoms with Crippen LogP contribution in [0.5, 0.6) is 0 Å². The molecule has 0 aliphatic heterocycles. The smallest absolute Gasteiger partial charge is 0.0900 e. The van der Waals surface area contributed by atoms with Crippen molar-refractivity contribution in [3.63, 3.8) is 0 Å². The van der Waals surface area contributed by atoms with Gasteiger partial charge in [-0.05, 0) is 25.7 Å². The second-order valence-electron chi connectivity index (χ2n) is 17.7. The number of hydrogen-bond donors (Lipinski definition) is 4. The van der Waals surface area contributed by atoms with E-state index in [1.165, 1.54) is 103 Å². The Morgan fingerprint density at radius 2 is 0.500 bits per heavy atom. The number of unbranched alkanes of at least 4 members (excludes halogenated alkanes) is 20. The zero-order chi connectivity index (χ0) is 45.4. The SMILES string of the molecule is CCCCCCCCOCC(O)CN(CCOCCOCCN(CC(O)COCCCCCCCC)CC(O)COCCCCCCCC)CC(O)COCCCCCCCC. The van der Waals surface area contributed by atoms with Gasteiger partial charge in [0.15, 0.2) is 0 Å². The lowest BCUT2D eigenvalue weighted by molar-refractivity contribution is -0.0260. The van der Waals surface area contributed by atoms with Crippen LogP contribution in [0.25, 0.3) is 0 Å². The van der Waals surface area contributed by atoms with Gasteiger partial charge in [0.25, 0.3) is 0 Å². The maximum Gasteiger partial charge on any atom is 0.0900 e. The first-order valence-corrected chi connectivity index (χ1v) is 26.0. The number of ether oxygens (including phenoxy) is 6. The average molecular weight is 893 g/mol. The molecule has 0 aliphatic carbocycles. The van der Waals surface area contributed by atoms with E-state index in [1.54, 1.807) is 0 Å². The summed E-state index contributed by atoms with van der Waals surface area (Å²) < 4.78 is 35.1. The molecule has 0 radical (unpaired) electrons. The van der Waals surface area contributed by atoms with E-state index in [9.17, 15) is 20.4 Å². The Labute approximate surface area is 382 Å². The molecule has 12 nitrogen and oxygen atoms in total. The molecule has 4 unspecified atom stereocenters. The van der Waals surface area contributed by atoms with Crippen molar-refractivity contribution < 1.29 is 48.8 Å². The topological polar surface area (TPSA) is 143 Å². The Balaban J connectivity index is 4.78. The molecule has 12 heteroatoms. The lowest BCUT2D eigenvalue weighted by Crippen LogP contribution is -2.42. The van der Waals surface area contributed by atoms with Crippen LogP contribution in [0.3, 0.4) is 0 Å². The predicted molar refractivity (Wildman–Crippen MR) is 255 cm³/mol. The predicted octanol–water partition coefficient (Wildman–Crippen LogP) is 8.58. The third-order valence-electron chi connectivity index (χ3n) is 11.2. The minimum absolute atomic E-state index is 0.272. The molecule has 0 aliphatic rings. The molecule has 4 atom stereocenters. The van der Waals surface area contributed by atoms with Crippen molar-refractivity contribution in [3.05, 3.63) is 0 Å². The number of rotatable bonds is 53. The zero-order valence-electron chi connectivity index (χ0n) is 41.1. The van der Waals surface area contributed by atoms with E-state index in [1.807, 2.05) is 9.80 Å². The summed E-state index contributed by atoms with van der Waals surface area (Å²) in [5, 5.41) is 43.2. The van der Waals surface area contributed by atoms with E-state index < -0.39 is 24.4 Å². The van der Waals surface area contributed by atoms with Crippen molar-refractivity contribution >= 4 is 0 Å². The van der Waals surface area contributed by atoms with Crippen LogP contribution < -0.4 is 0 Å². The third-order valence-corrected chi connectivity index (χ3v) is 11.2. The molecule has 62 heavy (non-hydrogen) atoms. The van der Waals surface area contributed by atoms with E-state index in [0.717, 1.165) is 51.4 Å². The van der Waals surface area contributed by atoms with Crippen molar-refractivity contribution in [1.29, 1.82) is 0 Å². The van der Waals surface area contributed by atoms with Crippen molar-refractivity contribution in [1.82, 2.24) is 9.80 Å². The van der Waals surface area contributed by atoms with Crippen LogP contribution in [-0.2, 0) is 28.4 Å². The first-order valence-electron chi connectivity index (χ1n) is 26.0. The summed E-state index contributed by atoms with van der Waals surface area (Å²) >= 11 is 0. The number of aliphatic hydroxyl groups excluding tert-OH is 4. The van der Waals surface area contributed by atoms with Crippen LogP contribution in [0.1, 0.15) is 182 Å². The molecule has 0 aromatic carbocycles. The van der Waals surface area contributed by atoms with Crippen molar-refractivity contribution in [2.45, 2.75) is 206 Å². The Bertz CT molecular complexity index is 728. The minimum Gasteiger partial charge on any atom is -0.389 e. The highest BCUT2D eigenvalue weighted by Gasteiger charge is 2.18. The maximum atomic E-state index is 10.8. The summed E-state index contributed by atoms with van der Waals surface area (Å²) in [7, 11) is 0. The second kappa shape index (κ2) is 49.9. The molecule has 0 heterocycles. The summed E-state index contributed by atoms with van der Waals surface area (Å²) in [6.07, 6.45) is 26.1. The van der Waals surface area contributed by atoms with Crippen LogP contribution >= 0.6 is 0 Å². The molecule has 0 amide bonds. The highest BCUT2D eigenvalue weighted by molar-refractivity contribution is 4.71. The van der Waals surface area contributed by atoms with Gasteiger partial charge in [0.1, 0.15) is 0 Å². The van der Waals surface area contributed by atoms with E-state index >= 15 is 0 Å². The molecule has 4 N–H and O–H groups in total. The molecule has 0 aromatic heterocycles. The fourth-order valence-electron chi connectivity index (χ4n) is 7.44.